The topological polar surface area (TPSA) is 68.0 Å². The molecular formula is C12H13N3O2S. The van der Waals surface area contributed by atoms with Crippen molar-refractivity contribution in [3.05, 3.63) is 35.2 Å². The molecule has 6 heteroatoms. The molecule has 0 aromatic carbocycles. The molecule has 5 nitrogen and oxygen atoms in total. The minimum Gasteiger partial charge on any atom is -0.465 e. The Morgan fingerprint density at radius 2 is 2.33 bits per heavy atom. The second-order valence-corrected chi connectivity index (χ2v) is 4.95. The average molecular weight is 263 g/mol. The first-order chi connectivity index (χ1) is 8.65. The van der Waals surface area contributed by atoms with E-state index < -0.39 is 0 Å². The van der Waals surface area contributed by atoms with Gasteiger partial charge in [0.2, 0.25) is 11.0 Å². The van der Waals surface area contributed by atoms with Crippen LogP contribution in [0.5, 0.6) is 0 Å². The Bertz CT molecular complexity index is 543. The van der Waals surface area contributed by atoms with Crippen LogP contribution in [-0.4, -0.2) is 16.1 Å². The Labute approximate surface area is 109 Å². The summed E-state index contributed by atoms with van der Waals surface area (Å²) in [5, 5.41) is 12.0. The number of furan rings is 1. The molecule has 0 unspecified atom stereocenters. The van der Waals surface area contributed by atoms with E-state index in [1.165, 1.54) is 17.4 Å². The summed E-state index contributed by atoms with van der Waals surface area (Å²) >= 11 is 1.38. The van der Waals surface area contributed by atoms with Crippen LogP contribution < -0.4 is 5.32 Å². The van der Waals surface area contributed by atoms with Crippen LogP contribution in [0.4, 0.5) is 5.13 Å². The van der Waals surface area contributed by atoms with Gasteiger partial charge in [-0.1, -0.05) is 25.2 Å². The van der Waals surface area contributed by atoms with Crippen LogP contribution >= 0.6 is 11.3 Å². The maximum atomic E-state index is 11.6. The van der Waals surface area contributed by atoms with Crippen LogP contribution in [0.25, 0.3) is 6.08 Å². The van der Waals surface area contributed by atoms with Crippen molar-refractivity contribution in [2.45, 2.75) is 19.8 Å². The van der Waals surface area contributed by atoms with Gasteiger partial charge in [0.15, 0.2) is 0 Å². The maximum Gasteiger partial charge on any atom is 0.250 e. The van der Waals surface area contributed by atoms with Gasteiger partial charge in [0.05, 0.1) is 6.26 Å². The summed E-state index contributed by atoms with van der Waals surface area (Å²) in [7, 11) is 0. The van der Waals surface area contributed by atoms with E-state index in [9.17, 15) is 4.79 Å². The van der Waals surface area contributed by atoms with Crippen molar-refractivity contribution in [1.82, 2.24) is 10.2 Å². The summed E-state index contributed by atoms with van der Waals surface area (Å²) in [5.74, 6) is 0.690. The van der Waals surface area contributed by atoms with E-state index in [4.69, 9.17) is 4.42 Å². The number of nitrogens with one attached hydrogen (secondary N) is 1. The first-order valence-electron chi connectivity index (χ1n) is 5.51. The molecule has 1 amide bonds. The van der Waals surface area contributed by atoms with E-state index in [1.807, 2.05) is 13.8 Å². The van der Waals surface area contributed by atoms with Crippen LogP contribution in [0.3, 0.4) is 0 Å². The highest BCUT2D eigenvalue weighted by Crippen LogP contribution is 2.22. The fourth-order valence-electron chi connectivity index (χ4n) is 1.21. The van der Waals surface area contributed by atoms with Crippen LogP contribution in [0.15, 0.2) is 28.9 Å². The number of hydrogen-bond donors (Lipinski definition) is 1. The van der Waals surface area contributed by atoms with Crippen molar-refractivity contribution in [2.75, 3.05) is 5.32 Å². The van der Waals surface area contributed by atoms with Crippen molar-refractivity contribution >= 4 is 28.5 Å². The number of nitrogens with zero attached hydrogens (tertiary/aromatic N) is 2. The molecule has 2 heterocycles. The first kappa shape index (κ1) is 12.5. The number of anilines is 1. The van der Waals surface area contributed by atoms with Crippen molar-refractivity contribution < 1.29 is 9.21 Å². The third kappa shape index (κ3) is 3.27. The molecule has 0 radical (unpaired) electrons. The lowest BCUT2D eigenvalue weighted by Crippen LogP contribution is -2.07. The van der Waals surface area contributed by atoms with Gasteiger partial charge in [0, 0.05) is 12.0 Å². The number of carbonyl (C=O) groups is 1. The number of rotatable bonds is 4. The van der Waals surface area contributed by atoms with Crippen LogP contribution in [0.1, 0.15) is 30.5 Å². The number of amides is 1. The zero-order chi connectivity index (χ0) is 13.0. The SMILES string of the molecule is CC(C)c1nnc(NC(=O)/C=C/c2ccco2)s1. The fourth-order valence-corrected chi connectivity index (χ4v) is 1.96. The van der Waals surface area contributed by atoms with Gasteiger partial charge in [-0.3, -0.25) is 10.1 Å². The standard InChI is InChI=1S/C12H13N3O2S/c1-8(2)11-14-15-12(18-11)13-10(16)6-5-9-4-3-7-17-9/h3-8H,1-2H3,(H,13,15,16)/b6-5+. The predicted molar refractivity (Wildman–Crippen MR) is 70.4 cm³/mol. The zero-order valence-electron chi connectivity index (χ0n) is 10.1. The molecule has 2 aromatic rings. The predicted octanol–water partition coefficient (Wildman–Crippen LogP) is 2.91. The van der Waals surface area contributed by atoms with Crippen LogP contribution in [-0.2, 0) is 4.79 Å². The van der Waals surface area contributed by atoms with Gasteiger partial charge in [0.25, 0.3) is 0 Å². The van der Waals surface area contributed by atoms with Gasteiger partial charge in [-0.15, -0.1) is 10.2 Å². The third-order valence-corrected chi connectivity index (χ3v) is 3.25. The molecule has 0 fully saturated rings. The normalized spacial score (nSPS) is 11.3. The molecule has 2 aromatic heterocycles. The summed E-state index contributed by atoms with van der Waals surface area (Å²) in [4.78, 5) is 11.6. The monoisotopic (exact) mass is 263 g/mol. The Kier molecular flexibility index (Phi) is 3.88. The molecule has 0 spiro atoms. The van der Waals surface area contributed by atoms with Gasteiger partial charge in [0.1, 0.15) is 10.8 Å². The fraction of sp³-hybridized carbons (Fsp3) is 0.250. The summed E-state index contributed by atoms with van der Waals surface area (Å²) in [6.45, 7) is 4.06. The van der Waals surface area contributed by atoms with E-state index in [2.05, 4.69) is 15.5 Å². The first-order valence-corrected chi connectivity index (χ1v) is 6.33. The number of carbonyl (C=O) groups excluding carboxylic acids is 1. The Hall–Kier alpha value is -1.95. The van der Waals surface area contributed by atoms with E-state index >= 15 is 0 Å². The highest BCUT2D eigenvalue weighted by molar-refractivity contribution is 7.15. The number of hydrogen-bond acceptors (Lipinski definition) is 5. The summed E-state index contributed by atoms with van der Waals surface area (Å²) < 4.78 is 5.08. The minimum absolute atomic E-state index is 0.252. The third-order valence-electron chi connectivity index (χ3n) is 2.11. The van der Waals surface area contributed by atoms with Crippen molar-refractivity contribution in [2.24, 2.45) is 0 Å². The smallest absolute Gasteiger partial charge is 0.250 e. The maximum absolute atomic E-state index is 11.6. The van der Waals surface area contributed by atoms with E-state index in [1.54, 1.807) is 24.5 Å². The van der Waals surface area contributed by atoms with Crippen LogP contribution in [0.2, 0.25) is 0 Å². The summed E-state index contributed by atoms with van der Waals surface area (Å²) in [5.41, 5.74) is 0. The van der Waals surface area contributed by atoms with Crippen molar-refractivity contribution in [3.8, 4) is 0 Å². The van der Waals surface area contributed by atoms with Crippen LogP contribution in [0, 0.1) is 0 Å². The second kappa shape index (κ2) is 5.59. The van der Waals surface area contributed by atoms with E-state index in [0.717, 1.165) is 5.01 Å². The molecular weight excluding hydrogens is 250 g/mol. The quantitative estimate of drug-likeness (QED) is 0.861. The molecule has 0 saturated carbocycles. The highest BCUT2D eigenvalue weighted by atomic mass is 32.1. The molecule has 0 aliphatic carbocycles. The molecule has 0 bridgehead atoms. The average Bonchev–Trinajstić information content (AvgIpc) is 2.96. The highest BCUT2D eigenvalue weighted by Gasteiger charge is 2.08. The van der Waals surface area contributed by atoms with E-state index in [-0.39, 0.29) is 5.91 Å². The molecule has 1 N–H and O–H groups in total. The van der Waals surface area contributed by atoms with Gasteiger partial charge in [-0.2, -0.15) is 0 Å². The summed E-state index contributed by atoms with van der Waals surface area (Å²) in [6.07, 6.45) is 4.55. The minimum atomic E-state index is -0.252. The van der Waals surface area contributed by atoms with Gasteiger partial charge in [-0.25, -0.2) is 0 Å². The Morgan fingerprint density at radius 1 is 1.50 bits per heavy atom. The Morgan fingerprint density at radius 3 is 2.94 bits per heavy atom. The molecule has 94 valence electrons. The molecule has 0 aliphatic heterocycles. The molecule has 0 atom stereocenters. The van der Waals surface area contributed by atoms with E-state index in [0.29, 0.717) is 16.8 Å². The van der Waals surface area contributed by atoms with Crippen molar-refractivity contribution in [3.63, 3.8) is 0 Å². The molecule has 0 saturated heterocycles. The molecule has 0 aliphatic rings. The van der Waals surface area contributed by atoms with Crippen molar-refractivity contribution in [1.29, 1.82) is 0 Å². The number of aromatic nitrogens is 2. The largest absolute Gasteiger partial charge is 0.465 e. The lowest BCUT2D eigenvalue weighted by atomic mass is 10.2. The van der Waals surface area contributed by atoms with Gasteiger partial charge < -0.3 is 4.42 Å². The van der Waals surface area contributed by atoms with Gasteiger partial charge >= 0.3 is 0 Å². The lowest BCUT2D eigenvalue weighted by Gasteiger charge is -1.95. The summed E-state index contributed by atoms with van der Waals surface area (Å²) in [6, 6.07) is 3.53. The molecule has 18 heavy (non-hydrogen) atoms. The second-order valence-electron chi connectivity index (χ2n) is 3.94. The Balaban J connectivity index is 1.94. The zero-order valence-corrected chi connectivity index (χ0v) is 10.9. The molecule has 2 rings (SSSR count). The van der Waals surface area contributed by atoms with Gasteiger partial charge in [-0.05, 0) is 18.2 Å². The lowest BCUT2D eigenvalue weighted by molar-refractivity contribution is -0.111.